The normalized spacial score (nSPS) is 11.9. The van der Waals surface area contributed by atoms with Crippen LogP contribution in [-0.2, 0) is 14.8 Å². The highest BCUT2D eigenvalue weighted by atomic mass is 35.5. The van der Waals surface area contributed by atoms with E-state index in [2.05, 4.69) is 5.32 Å². The third-order valence-corrected chi connectivity index (χ3v) is 7.31. The van der Waals surface area contributed by atoms with Crippen LogP contribution in [0, 0.1) is 0 Å². The number of amides is 1. The third kappa shape index (κ3) is 5.98. The number of methoxy groups -OCH3 is 3. The Balaban J connectivity index is 2.03. The molecule has 0 bridgehead atoms. The first-order valence-electron chi connectivity index (χ1n) is 10.6. The maximum absolute atomic E-state index is 13.8. The highest BCUT2D eigenvalue weighted by Crippen LogP contribution is 2.37. The lowest BCUT2D eigenvalue weighted by Gasteiger charge is -2.27. The van der Waals surface area contributed by atoms with Crippen molar-refractivity contribution in [2.75, 3.05) is 32.2 Å². The summed E-state index contributed by atoms with van der Waals surface area (Å²) in [6.07, 6.45) is 0. The summed E-state index contributed by atoms with van der Waals surface area (Å²) in [6, 6.07) is 17.8. The van der Waals surface area contributed by atoms with E-state index in [1.165, 1.54) is 45.6 Å². The van der Waals surface area contributed by atoms with Gasteiger partial charge in [0.1, 0.15) is 12.3 Å². The fourth-order valence-corrected chi connectivity index (χ4v) is 5.11. The summed E-state index contributed by atoms with van der Waals surface area (Å²) in [4.78, 5) is 13.0. The van der Waals surface area contributed by atoms with Gasteiger partial charge in [0.05, 0.1) is 38.0 Å². The molecule has 3 aromatic rings. The van der Waals surface area contributed by atoms with Crippen molar-refractivity contribution in [3.8, 4) is 17.2 Å². The Hall–Kier alpha value is -3.43. The number of nitrogens with zero attached hydrogens (tertiary/aromatic N) is 1. The molecular formula is C25H27ClN2O6S. The average Bonchev–Trinajstić information content (AvgIpc) is 2.87. The highest BCUT2D eigenvalue weighted by molar-refractivity contribution is 7.92. The predicted octanol–water partition coefficient (Wildman–Crippen LogP) is 4.44. The second kappa shape index (κ2) is 11.3. The lowest BCUT2D eigenvalue weighted by molar-refractivity contribution is -0.120. The van der Waals surface area contributed by atoms with E-state index in [1.807, 2.05) is 37.3 Å². The van der Waals surface area contributed by atoms with E-state index in [0.29, 0.717) is 5.75 Å². The van der Waals surface area contributed by atoms with Crippen molar-refractivity contribution in [2.45, 2.75) is 17.9 Å². The van der Waals surface area contributed by atoms with Crippen molar-refractivity contribution < 1.29 is 27.4 Å². The number of benzene rings is 3. The quantitative estimate of drug-likeness (QED) is 0.426. The topological polar surface area (TPSA) is 94.2 Å². The molecule has 1 atom stereocenters. The van der Waals surface area contributed by atoms with Gasteiger partial charge in [-0.05, 0) is 42.8 Å². The van der Waals surface area contributed by atoms with Crippen molar-refractivity contribution in [3.63, 3.8) is 0 Å². The number of carbonyl (C=O) groups excluding carboxylic acids is 1. The number of hydrogen-bond donors (Lipinski definition) is 1. The number of nitrogens with one attached hydrogen (secondary N) is 1. The first-order chi connectivity index (χ1) is 16.7. The molecule has 0 saturated carbocycles. The number of carbonyl (C=O) groups is 1. The van der Waals surface area contributed by atoms with Gasteiger partial charge in [-0.2, -0.15) is 0 Å². The molecule has 1 N–H and O–H groups in total. The van der Waals surface area contributed by atoms with Crippen LogP contribution < -0.4 is 23.8 Å². The Morgan fingerprint density at radius 2 is 1.54 bits per heavy atom. The molecule has 10 heteroatoms. The van der Waals surface area contributed by atoms with Gasteiger partial charge in [0.2, 0.25) is 5.91 Å². The Labute approximate surface area is 210 Å². The van der Waals surface area contributed by atoms with E-state index >= 15 is 0 Å². The second-order valence-electron chi connectivity index (χ2n) is 7.54. The third-order valence-electron chi connectivity index (χ3n) is 5.32. The van der Waals surface area contributed by atoms with Gasteiger partial charge in [-0.25, -0.2) is 8.42 Å². The fourth-order valence-electron chi connectivity index (χ4n) is 3.50. The summed E-state index contributed by atoms with van der Waals surface area (Å²) in [5, 5.41) is 3.13. The largest absolute Gasteiger partial charge is 0.495 e. The van der Waals surface area contributed by atoms with E-state index in [9.17, 15) is 13.2 Å². The first kappa shape index (κ1) is 26.2. The molecule has 35 heavy (non-hydrogen) atoms. The van der Waals surface area contributed by atoms with E-state index < -0.39 is 22.5 Å². The van der Waals surface area contributed by atoms with E-state index in [4.69, 9.17) is 25.8 Å². The maximum atomic E-state index is 13.8. The zero-order valence-corrected chi connectivity index (χ0v) is 21.4. The fraction of sp³-hybridized carbons (Fsp3) is 0.240. The summed E-state index contributed by atoms with van der Waals surface area (Å²) in [5.74, 6) is 0.330. The highest BCUT2D eigenvalue weighted by Gasteiger charge is 2.31. The molecule has 1 amide bonds. The molecule has 3 aromatic carbocycles. The first-order valence-corrected chi connectivity index (χ1v) is 12.5. The van der Waals surface area contributed by atoms with E-state index in [0.717, 1.165) is 9.87 Å². The minimum atomic E-state index is -4.26. The molecule has 0 radical (unpaired) electrons. The standard InChI is InChI=1S/C25H27ClN2O6S/c1-17(18-8-6-5-7-9-18)27-25(29)16-28(21-14-19(26)10-12-22(21)32-2)35(30,31)20-11-13-23(33-3)24(15-20)34-4/h5-15,17H,16H2,1-4H3,(H,27,29). The van der Waals surface area contributed by atoms with Crippen LogP contribution in [0.15, 0.2) is 71.6 Å². The maximum Gasteiger partial charge on any atom is 0.265 e. The zero-order chi connectivity index (χ0) is 25.6. The van der Waals surface area contributed by atoms with Crippen LogP contribution in [-0.4, -0.2) is 42.2 Å². The van der Waals surface area contributed by atoms with Crippen LogP contribution in [0.4, 0.5) is 5.69 Å². The molecule has 8 nitrogen and oxygen atoms in total. The van der Waals surface area contributed by atoms with Gasteiger partial charge in [-0.3, -0.25) is 9.10 Å². The zero-order valence-electron chi connectivity index (χ0n) is 19.8. The summed E-state index contributed by atoms with van der Waals surface area (Å²) in [5.41, 5.74) is 1.01. The monoisotopic (exact) mass is 518 g/mol. The number of hydrogen-bond acceptors (Lipinski definition) is 6. The SMILES string of the molecule is COc1ccc(S(=O)(=O)N(CC(=O)NC(C)c2ccccc2)c2cc(Cl)ccc2OC)cc1OC. The van der Waals surface area contributed by atoms with Crippen LogP contribution in [0.3, 0.4) is 0 Å². The molecule has 186 valence electrons. The molecule has 0 saturated heterocycles. The predicted molar refractivity (Wildman–Crippen MR) is 135 cm³/mol. The summed E-state index contributed by atoms with van der Waals surface area (Å²) < 4.78 is 44.5. The number of rotatable bonds is 10. The van der Waals surface area contributed by atoms with Crippen molar-refractivity contribution in [2.24, 2.45) is 0 Å². The van der Waals surface area contributed by atoms with Gasteiger partial charge in [0.15, 0.2) is 11.5 Å². The van der Waals surface area contributed by atoms with Crippen molar-refractivity contribution >= 4 is 33.2 Å². The minimum Gasteiger partial charge on any atom is -0.495 e. The Morgan fingerprint density at radius 1 is 0.914 bits per heavy atom. The van der Waals surface area contributed by atoms with Crippen LogP contribution in [0.1, 0.15) is 18.5 Å². The molecular weight excluding hydrogens is 492 g/mol. The van der Waals surface area contributed by atoms with Crippen LogP contribution >= 0.6 is 11.6 Å². The van der Waals surface area contributed by atoms with Gasteiger partial charge < -0.3 is 19.5 Å². The van der Waals surface area contributed by atoms with Gasteiger partial charge in [0.25, 0.3) is 10.0 Å². The number of halogens is 1. The van der Waals surface area contributed by atoms with Gasteiger partial charge in [-0.1, -0.05) is 41.9 Å². The lowest BCUT2D eigenvalue weighted by Crippen LogP contribution is -2.41. The Morgan fingerprint density at radius 3 is 2.17 bits per heavy atom. The van der Waals surface area contributed by atoms with E-state index in [1.54, 1.807) is 12.1 Å². The van der Waals surface area contributed by atoms with Crippen LogP contribution in [0.2, 0.25) is 5.02 Å². The summed E-state index contributed by atoms with van der Waals surface area (Å²) in [7, 11) is 0.00896. The van der Waals surface area contributed by atoms with Crippen LogP contribution in [0.25, 0.3) is 0 Å². The second-order valence-corrected chi connectivity index (χ2v) is 9.84. The molecule has 3 rings (SSSR count). The number of ether oxygens (including phenoxy) is 3. The molecule has 1 unspecified atom stereocenters. The Kier molecular flexibility index (Phi) is 8.48. The van der Waals surface area contributed by atoms with Crippen LogP contribution in [0.5, 0.6) is 17.2 Å². The molecule has 0 spiro atoms. The average molecular weight is 519 g/mol. The van der Waals surface area contributed by atoms with Gasteiger partial charge in [0, 0.05) is 11.1 Å². The van der Waals surface area contributed by atoms with E-state index in [-0.39, 0.29) is 33.1 Å². The molecule has 0 aromatic heterocycles. The molecule has 0 heterocycles. The number of sulfonamides is 1. The van der Waals surface area contributed by atoms with Gasteiger partial charge >= 0.3 is 0 Å². The minimum absolute atomic E-state index is 0.0962. The smallest absolute Gasteiger partial charge is 0.265 e. The van der Waals surface area contributed by atoms with Gasteiger partial charge in [-0.15, -0.1) is 0 Å². The van der Waals surface area contributed by atoms with Crippen molar-refractivity contribution in [3.05, 3.63) is 77.3 Å². The summed E-state index contributed by atoms with van der Waals surface area (Å²) >= 11 is 6.19. The summed E-state index contributed by atoms with van der Waals surface area (Å²) in [6.45, 7) is 1.31. The van der Waals surface area contributed by atoms with Crippen molar-refractivity contribution in [1.82, 2.24) is 5.32 Å². The molecule has 0 aliphatic heterocycles. The molecule has 0 aliphatic rings. The Bertz CT molecular complexity index is 1280. The molecule has 0 fully saturated rings. The van der Waals surface area contributed by atoms with Crippen molar-refractivity contribution in [1.29, 1.82) is 0 Å². The number of anilines is 1. The molecule has 0 aliphatic carbocycles. The lowest BCUT2D eigenvalue weighted by atomic mass is 10.1.